The van der Waals surface area contributed by atoms with E-state index in [0.29, 0.717) is 0 Å². The highest BCUT2D eigenvalue weighted by Crippen LogP contribution is 2.28. The number of hydrogen-bond acceptors (Lipinski definition) is 1. The lowest BCUT2D eigenvalue weighted by Gasteiger charge is -2.18. The van der Waals surface area contributed by atoms with E-state index in [0.717, 1.165) is 18.2 Å². The summed E-state index contributed by atoms with van der Waals surface area (Å²) in [6.07, 6.45) is 23.6. The molecule has 2 heteroatoms. The van der Waals surface area contributed by atoms with Crippen LogP contribution in [-0.4, -0.2) is 9.97 Å². The Bertz CT molecular complexity index is 600. The van der Waals surface area contributed by atoms with Gasteiger partial charge in [0.05, 0.1) is 0 Å². The quantitative estimate of drug-likeness (QED) is 0.267. The van der Waals surface area contributed by atoms with Gasteiger partial charge in [-0.05, 0) is 49.1 Å². The number of unbranched alkanes of at least 4 members (excludes halogenated alkanes) is 8. The van der Waals surface area contributed by atoms with E-state index < -0.39 is 0 Å². The summed E-state index contributed by atoms with van der Waals surface area (Å²) >= 11 is 0. The minimum Gasteiger partial charge on any atom is -0.349 e. The van der Waals surface area contributed by atoms with Crippen LogP contribution in [0.3, 0.4) is 0 Å². The van der Waals surface area contributed by atoms with Crippen molar-refractivity contribution in [3.8, 4) is 0 Å². The van der Waals surface area contributed by atoms with Crippen molar-refractivity contribution in [2.75, 3.05) is 0 Å². The van der Waals surface area contributed by atoms with Gasteiger partial charge in [-0.1, -0.05) is 95.9 Å². The van der Waals surface area contributed by atoms with E-state index in [1.165, 1.54) is 95.5 Å². The zero-order valence-electron chi connectivity index (χ0n) is 19.1. The van der Waals surface area contributed by atoms with Crippen LogP contribution < -0.4 is 0 Å². The molecule has 0 fully saturated rings. The van der Waals surface area contributed by atoms with E-state index in [1.54, 1.807) is 5.56 Å². The minimum atomic E-state index is 0.738. The molecule has 1 unspecified atom stereocenters. The number of aromatic amines is 1. The van der Waals surface area contributed by atoms with Crippen LogP contribution in [0.5, 0.6) is 0 Å². The monoisotopic (exact) mass is 396 g/mol. The maximum Gasteiger partial charge on any atom is 0.105 e. The molecule has 2 aromatic rings. The average Bonchev–Trinajstić information content (AvgIpc) is 3.27. The van der Waals surface area contributed by atoms with Gasteiger partial charge in [-0.2, -0.15) is 0 Å². The summed E-state index contributed by atoms with van der Waals surface area (Å²) in [4.78, 5) is 7.54. The zero-order chi connectivity index (χ0) is 20.6. The van der Waals surface area contributed by atoms with Crippen LogP contribution in [0.4, 0.5) is 0 Å². The molecular formula is C27H44N2. The number of aromatic nitrogens is 2. The number of hydrogen-bond donors (Lipinski definition) is 1. The lowest BCUT2D eigenvalue weighted by atomic mass is 9.88. The van der Waals surface area contributed by atoms with Gasteiger partial charge >= 0.3 is 0 Å². The van der Waals surface area contributed by atoms with Gasteiger partial charge < -0.3 is 4.98 Å². The summed E-state index contributed by atoms with van der Waals surface area (Å²) in [5.41, 5.74) is 3.09. The largest absolute Gasteiger partial charge is 0.349 e. The third kappa shape index (κ3) is 10.1. The van der Waals surface area contributed by atoms with Crippen LogP contribution in [0, 0.1) is 0 Å². The third-order valence-corrected chi connectivity index (χ3v) is 6.20. The van der Waals surface area contributed by atoms with Crippen molar-refractivity contribution in [2.45, 2.75) is 116 Å². The van der Waals surface area contributed by atoms with Gasteiger partial charge in [-0.3, -0.25) is 0 Å². The predicted molar refractivity (Wildman–Crippen MR) is 127 cm³/mol. The molecule has 0 amide bonds. The Morgan fingerprint density at radius 3 is 2.10 bits per heavy atom. The summed E-state index contributed by atoms with van der Waals surface area (Å²) in [5.74, 6) is 1.87. The first kappa shape index (κ1) is 23.7. The molecule has 0 spiro atoms. The van der Waals surface area contributed by atoms with Crippen LogP contribution in [0.25, 0.3) is 0 Å². The van der Waals surface area contributed by atoms with Gasteiger partial charge in [0.1, 0.15) is 5.82 Å². The van der Waals surface area contributed by atoms with Crippen molar-refractivity contribution < 1.29 is 0 Å². The highest BCUT2D eigenvalue weighted by atomic mass is 14.9. The van der Waals surface area contributed by atoms with Gasteiger partial charge in [0, 0.05) is 18.8 Å². The average molecular weight is 397 g/mol. The molecule has 1 N–H and O–H groups in total. The molecule has 1 heterocycles. The molecule has 1 aromatic heterocycles. The SMILES string of the molecule is CCCCCCCCc1ccc(C(CCCC)CCCCCc2ncc[nH]2)cc1. The lowest BCUT2D eigenvalue weighted by Crippen LogP contribution is -2.00. The number of aryl methyl sites for hydroxylation is 2. The molecule has 0 radical (unpaired) electrons. The molecular weight excluding hydrogens is 352 g/mol. The molecule has 0 saturated heterocycles. The van der Waals surface area contributed by atoms with Gasteiger partial charge in [-0.15, -0.1) is 0 Å². The van der Waals surface area contributed by atoms with Crippen molar-refractivity contribution in [3.05, 3.63) is 53.6 Å². The first-order valence-corrected chi connectivity index (χ1v) is 12.4. The zero-order valence-corrected chi connectivity index (χ0v) is 19.1. The smallest absolute Gasteiger partial charge is 0.105 e. The van der Waals surface area contributed by atoms with Crippen LogP contribution in [-0.2, 0) is 12.8 Å². The van der Waals surface area contributed by atoms with Crippen LogP contribution in [0.1, 0.15) is 120 Å². The van der Waals surface area contributed by atoms with E-state index in [9.17, 15) is 0 Å². The molecule has 162 valence electrons. The van der Waals surface area contributed by atoms with Crippen LogP contribution >= 0.6 is 0 Å². The predicted octanol–water partition coefficient (Wildman–Crippen LogP) is 8.39. The first-order valence-electron chi connectivity index (χ1n) is 12.4. The fourth-order valence-electron chi connectivity index (χ4n) is 4.29. The summed E-state index contributed by atoms with van der Waals surface area (Å²) in [6.45, 7) is 4.60. The van der Waals surface area contributed by atoms with Crippen molar-refractivity contribution in [1.29, 1.82) is 0 Å². The van der Waals surface area contributed by atoms with Crippen molar-refractivity contribution >= 4 is 0 Å². The number of nitrogens with one attached hydrogen (secondary N) is 1. The Hall–Kier alpha value is -1.57. The molecule has 1 atom stereocenters. The van der Waals surface area contributed by atoms with E-state index >= 15 is 0 Å². The lowest BCUT2D eigenvalue weighted by molar-refractivity contribution is 0.509. The number of nitrogens with zero attached hydrogens (tertiary/aromatic N) is 1. The second-order valence-corrected chi connectivity index (χ2v) is 8.73. The first-order chi connectivity index (χ1) is 14.3. The number of benzene rings is 1. The molecule has 0 aliphatic carbocycles. The van der Waals surface area contributed by atoms with E-state index in [2.05, 4.69) is 48.1 Å². The standard InChI is InChI=1S/C27H44N2/c1-3-5-7-8-9-11-14-24-18-20-26(21-19-24)25(15-6-4-2)16-12-10-13-17-27-28-22-23-29-27/h18-23,25H,3-17H2,1-2H3,(H,28,29). The maximum absolute atomic E-state index is 4.33. The number of imidazole rings is 1. The molecule has 1 aromatic carbocycles. The van der Waals surface area contributed by atoms with E-state index in [1.807, 2.05) is 12.4 Å². The molecule has 29 heavy (non-hydrogen) atoms. The van der Waals surface area contributed by atoms with Crippen molar-refractivity contribution in [1.82, 2.24) is 9.97 Å². The second kappa shape index (κ2) is 15.3. The Balaban J connectivity index is 1.71. The van der Waals surface area contributed by atoms with Crippen LogP contribution in [0.2, 0.25) is 0 Å². The third-order valence-electron chi connectivity index (χ3n) is 6.20. The summed E-state index contributed by atoms with van der Waals surface area (Å²) < 4.78 is 0. The Labute approximate surface area is 179 Å². The number of H-pyrrole nitrogens is 1. The topological polar surface area (TPSA) is 28.7 Å². The Kier molecular flexibility index (Phi) is 12.5. The maximum atomic E-state index is 4.33. The highest BCUT2D eigenvalue weighted by molar-refractivity contribution is 5.25. The molecule has 0 aliphatic heterocycles. The van der Waals surface area contributed by atoms with E-state index in [4.69, 9.17) is 0 Å². The Morgan fingerprint density at radius 1 is 0.724 bits per heavy atom. The number of rotatable bonds is 17. The van der Waals surface area contributed by atoms with Crippen molar-refractivity contribution in [2.24, 2.45) is 0 Å². The molecule has 0 saturated carbocycles. The molecule has 2 rings (SSSR count). The molecule has 0 bridgehead atoms. The fraction of sp³-hybridized carbons (Fsp3) is 0.667. The highest BCUT2D eigenvalue weighted by Gasteiger charge is 2.11. The van der Waals surface area contributed by atoms with Gasteiger partial charge in [-0.25, -0.2) is 4.98 Å². The van der Waals surface area contributed by atoms with Gasteiger partial charge in [0.15, 0.2) is 0 Å². The van der Waals surface area contributed by atoms with E-state index in [-0.39, 0.29) is 0 Å². The normalized spacial score (nSPS) is 12.3. The summed E-state index contributed by atoms with van der Waals surface area (Å²) in [5, 5.41) is 0. The van der Waals surface area contributed by atoms with Crippen LogP contribution in [0.15, 0.2) is 36.7 Å². The van der Waals surface area contributed by atoms with Gasteiger partial charge in [0.2, 0.25) is 0 Å². The fourth-order valence-corrected chi connectivity index (χ4v) is 4.29. The van der Waals surface area contributed by atoms with Crippen molar-refractivity contribution in [3.63, 3.8) is 0 Å². The minimum absolute atomic E-state index is 0.738. The van der Waals surface area contributed by atoms with Gasteiger partial charge in [0.25, 0.3) is 0 Å². The second-order valence-electron chi connectivity index (χ2n) is 8.73. The molecule has 2 nitrogen and oxygen atoms in total. The Morgan fingerprint density at radius 2 is 1.38 bits per heavy atom. The summed E-state index contributed by atoms with van der Waals surface area (Å²) in [6, 6.07) is 9.65. The molecule has 0 aliphatic rings. The summed E-state index contributed by atoms with van der Waals surface area (Å²) in [7, 11) is 0.